The highest BCUT2D eigenvalue weighted by Gasteiger charge is 2.15. The van der Waals surface area contributed by atoms with Gasteiger partial charge < -0.3 is 14.6 Å². The van der Waals surface area contributed by atoms with Crippen molar-refractivity contribution in [3.05, 3.63) is 59.7 Å². The summed E-state index contributed by atoms with van der Waals surface area (Å²) in [6.07, 6.45) is 2.26. The molecule has 7 nitrogen and oxygen atoms in total. The van der Waals surface area contributed by atoms with Crippen LogP contribution in [0.4, 0.5) is 0 Å². The first-order valence-electron chi connectivity index (χ1n) is 11.2. The number of methoxy groups -OCH3 is 1. The van der Waals surface area contributed by atoms with Crippen LogP contribution in [0.25, 0.3) is 22.1 Å². The number of thioether (sulfide) groups is 1. The minimum Gasteiger partial charge on any atom is -0.383 e. The molecule has 0 saturated heterocycles. The maximum absolute atomic E-state index is 11.8. The number of nitrogens with zero attached hydrogens (tertiary/aromatic N) is 4. The van der Waals surface area contributed by atoms with E-state index in [1.165, 1.54) is 11.1 Å². The van der Waals surface area contributed by atoms with E-state index in [4.69, 9.17) is 9.72 Å². The van der Waals surface area contributed by atoms with Crippen LogP contribution in [0.5, 0.6) is 0 Å². The topological polar surface area (TPSA) is 81.9 Å². The van der Waals surface area contributed by atoms with Gasteiger partial charge in [-0.2, -0.15) is 0 Å². The Hall–Kier alpha value is -2.97. The lowest BCUT2D eigenvalue weighted by Gasteiger charge is -2.09. The fourth-order valence-corrected chi connectivity index (χ4v) is 4.58. The normalized spacial score (nSPS) is 11.3. The summed E-state index contributed by atoms with van der Waals surface area (Å²) in [5.41, 5.74) is 5.31. The number of hydrogen-bond donors (Lipinski definition) is 1. The van der Waals surface area contributed by atoms with Gasteiger partial charge >= 0.3 is 0 Å². The Morgan fingerprint density at radius 1 is 1.09 bits per heavy atom. The van der Waals surface area contributed by atoms with E-state index in [1.807, 2.05) is 12.1 Å². The molecule has 33 heavy (non-hydrogen) atoms. The average Bonchev–Trinajstić information content (AvgIpc) is 3.13. The highest BCUT2D eigenvalue weighted by Crippen LogP contribution is 2.28. The Morgan fingerprint density at radius 2 is 1.91 bits per heavy atom. The fourth-order valence-electron chi connectivity index (χ4n) is 3.80. The highest BCUT2D eigenvalue weighted by molar-refractivity contribution is 7.99. The second-order valence-electron chi connectivity index (χ2n) is 7.94. The van der Waals surface area contributed by atoms with Gasteiger partial charge in [0.2, 0.25) is 11.1 Å². The maximum atomic E-state index is 11.8. The second kappa shape index (κ2) is 11.2. The number of nitrogens with one attached hydrogen (secondary N) is 1. The lowest BCUT2D eigenvalue weighted by molar-refractivity contribution is -0.121. The van der Waals surface area contributed by atoms with Gasteiger partial charge in [-0.25, -0.2) is 4.98 Å². The van der Waals surface area contributed by atoms with Gasteiger partial charge in [0.1, 0.15) is 5.52 Å². The predicted molar refractivity (Wildman–Crippen MR) is 133 cm³/mol. The van der Waals surface area contributed by atoms with Crippen molar-refractivity contribution < 1.29 is 9.53 Å². The summed E-state index contributed by atoms with van der Waals surface area (Å²) in [6, 6.07) is 16.7. The second-order valence-corrected chi connectivity index (χ2v) is 9.01. The van der Waals surface area contributed by atoms with Gasteiger partial charge in [0, 0.05) is 37.8 Å². The van der Waals surface area contributed by atoms with Crippen LogP contribution >= 0.6 is 11.8 Å². The summed E-state index contributed by atoms with van der Waals surface area (Å²) in [6.45, 7) is 3.96. The van der Waals surface area contributed by atoms with E-state index in [9.17, 15) is 4.79 Å². The van der Waals surface area contributed by atoms with Crippen molar-refractivity contribution in [2.24, 2.45) is 0 Å². The van der Waals surface area contributed by atoms with Gasteiger partial charge in [0.25, 0.3) is 0 Å². The first kappa shape index (κ1) is 23.2. The van der Waals surface area contributed by atoms with E-state index in [0.29, 0.717) is 24.7 Å². The van der Waals surface area contributed by atoms with Crippen molar-refractivity contribution in [2.45, 2.75) is 37.9 Å². The zero-order chi connectivity index (χ0) is 23.0. The summed E-state index contributed by atoms with van der Waals surface area (Å²) in [5, 5.41) is 13.5. The molecule has 2 aromatic heterocycles. The van der Waals surface area contributed by atoms with Crippen LogP contribution in [-0.4, -0.2) is 51.7 Å². The van der Waals surface area contributed by atoms with Crippen LogP contribution in [-0.2, 0) is 16.1 Å². The number of carbonyl (C=O) groups is 1. The molecule has 0 atom stereocenters. The first-order chi connectivity index (χ1) is 16.2. The number of aromatic nitrogens is 4. The van der Waals surface area contributed by atoms with Crippen LogP contribution in [0, 0.1) is 6.92 Å². The number of carbonyl (C=O) groups excluding carboxylic acids is 1. The molecule has 8 heteroatoms. The Morgan fingerprint density at radius 3 is 2.76 bits per heavy atom. The summed E-state index contributed by atoms with van der Waals surface area (Å²) >= 11 is 1.59. The van der Waals surface area contributed by atoms with Crippen molar-refractivity contribution >= 4 is 39.7 Å². The smallest absolute Gasteiger partial charge is 0.220 e. The number of para-hydroxylation sites is 1. The quantitative estimate of drug-likeness (QED) is 0.263. The van der Waals surface area contributed by atoms with Crippen LogP contribution < -0.4 is 5.32 Å². The minimum atomic E-state index is 0.0668. The van der Waals surface area contributed by atoms with Gasteiger partial charge in [-0.15, -0.1) is 10.2 Å². The third-order valence-corrected chi connectivity index (χ3v) is 6.53. The Bertz CT molecular complexity index is 1240. The standard InChI is InChI=1S/C25H29N5O2S/c1-18-9-3-4-10-19(18)17-30-21-12-6-5-11-20(21)23-24(30)27-25(29-28-23)33-16-8-7-13-22(31)26-14-15-32-2/h3-6,9-12H,7-8,13-17H2,1-2H3,(H,26,31). The Labute approximate surface area is 197 Å². The van der Waals surface area contributed by atoms with E-state index in [-0.39, 0.29) is 5.91 Å². The summed E-state index contributed by atoms with van der Waals surface area (Å²) in [4.78, 5) is 16.7. The third kappa shape index (κ3) is 5.69. The van der Waals surface area contributed by atoms with E-state index in [0.717, 1.165) is 47.2 Å². The number of aryl methyl sites for hydroxylation is 1. The van der Waals surface area contributed by atoms with Gasteiger partial charge in [-0.1, -0.05) is 54.2 Å². The maximum Gasteiger partial charge on any atom is 0.220 e. The van der Waals surface area contributed by atoms with Crippen molar-refractivity contribution in [3.63, 3.8) is 0 Å². The van der Waals surface area contributed by atoms with Crippen LogP contribution in [0.2, 0.25) is 0 Å². The van der Waals surface area contributed by atoms with E-state index in [1.54, 1.807) is 18.9 Å². The van der Waals surface area contributed by atoms with Crippen molar-refractivity contribution in [1.82, 2.24) is 25.1 Å². The molecule has 0 aliphatic carbocycles. The van der Waals surface area contributed by atoms with Gasteiger partial charge in [-0.3, -0.25) is 4.79 Å². The Balaban J connectivity index is 1.46. The lowest BCUT2D eigenvalue weighted by Crippen LogP contribution is -2.26. The zero-order valence-corrected chi connectivity index (χ0v) is 19.9. The molecule has 0 saturated carbocycles. The molecule has 0 bridgehead atoms. The number of benzene rings is 2. The third-order valence-electron chi connectivity index (χ3n) is 5.60. The number of fused-ring (bicyclic) bond motifs is 3. The van der Waals surface area contributed by atoms with E-state index in [2.05, 4.69) is 63.4 Å². The molecular weight excluding hydrogens is 434 g/mol. The zero-order valence-electron chi connectivity index (χ0n) is 19.1. The molecule has 0 spiro atoms. The molecule has 2 heterocycles. The molecule has 0 radical (unpaired) electrons. The minimum absolute atomic E-state index is 0.0668. The Kier molecular flexibility index (Phi) is 7.91. The summed E-state index contributed by atoms with van der Waals surface area (Å²) in [5.74, 6) is 0.911. The average molecular weight is 464 g/mol. The molecule has 172 valence electrons. The van der Waals surface area contributed by atoms with E-state index >= 15 is 0 Å². The summed E-state index contributed by atoms with van der Waals surface area (Å²) < 4.78 is 7.17. The highest BCUT2D eigenvalue weighted by atomic mass is 32.2. The van der Waals surface area contributed by atoms with Crippen molar-refractivity contribution in [3.8, 4) is 0 Å². The number of hydrogen-bond acceptors (Lipinski definition) is 6. The molecule has 0 fully saturated rings. The van der Waals surface area contributed by atoms with Crippen molar-refractivity contribution in [2.75, 3.05) is 26.0 Å². The molecule has 2 aromatic carbocycles. The van der Waals surface area contributed by atoms with Crippen LogP contribution in [0.15, 0.2) is 53.7 Å². The molecular formula is C25H29N5O2S. The fraction of sp³-hybridized carbons (Fsp3) is 0.360. The molecule has 0 aliphatic rings. The molecule has 1 N–H and O–H groups in total. The number of amides is 1. The summed E-state index contributed by atoms with van der Waals surface area (Å²) in [7, 11) is 1.62. The lowest BCUT2D eigenvalue weighted by atomic mass is 10.1. The van der Waals surface area contributed by atoms with Crippen LogP contribution in [0.1, 0.15) is 30.4 Å². The van der Waals surface area contributed by atoms with Gasteiger partial charge in [0.05, 0.1) is 12.1 Å². The molecule has 4 aromatic rings. The van der Waals surface area contributed by atoms with Crippen LogP contribution in [0.3, 0.4) is 0 Å². The first-order valence-corrected chi connectivity index (χ1v) is 12.2. The molecule has 0 aliphatic heterocycles. The number of rotatable bonds is 11. The number of ether oxygens (including phenoxy) is 1. The van der Waals surface area contributed by atoms with Gasteiger partial charge in [-0.05, 0) is 37.0 Å². The number of unbranched alkanes of at least 4 members (excludes halogenated alkanes) is 1. The van der Waals surface area contributed by atoms with Gasteiger partial charge in [0.15, 0.2) is 5.65 Å². The van der Waals surface area contributed by atoms with Crippen molar-refractivity contribution in [1.29, 1.82) is 0 Å². The SMILES string of the molecule is COCCNC(=O)CCCCSc1nnc2c3ccccc3n(Cc3ccccc3C)c2n1. The monoisotopic (exact) mass is 463 g/mol. The molecule has 1 amide bonds. The molecule has 4 rings (SSSR count). The largest absolute Gasteiger partial charge is 0.383 e. The molecule has 0 unspecified atom stereocenters. The predicted octanol–water partition coefficient (Wildman–Crippen LogP) is 4.36. The van der Waals surface area contributed by atoms with E-state index < -0.39 is 0 Å².